The fourth-order valence-electron chi connectivity index (χ4n) is 2.40. The molecule has 1 aromatic rings. The first-order valence-corrected chi connectivity index (χ1v) is 6.79. The van der Waals surface area contributed by atoms with Gasteiger partial charge in [0.2, 0.25) is 5.91 Å². The molecule has 2 rings (SSSR count). The third-order valence-electron chi connectivity index (χ3n) is 3.74. The number of carbonyl (C=O) groups excluding carboxylic acids is 1. The molecule has 7 heteroatoms. The Hall–Kier alpha value is -2.15. The first kappa shape index (κ1) is 15.2. The second kappa shape index (κ2) is 5.69. The van der Waals surface area contributed by atoms with Crippen molar-refractivity contribution in [2.75, 3.05) is 18.6 Å². The van der Waals surface area contributed by atoms with E-state index in [-0.39, 0.29) is 23.3 Å². The van der Waals surface area contributed by atoms with Crippen LogP contribution in [0.25, 0.3) is 0 Å². The van der Waals surface area contributed by atoms with E-state index < -0.39 is 11.0 Å². The smallest absolute Gasteiger partial charge is 0.313 e. The fourth-order valence-corrected chi connectivity index (χ4v) is 2.40. The van der Waals surface area contributed by atoms with E-state index in [0.29, 0.717) is 18.7 Å². The van der Waals surface area contributed by atoms with Gasteiger partial charge in [0.1, 0.15) is 0 Å². The van der Waals surface area contributed by atoms with Gasteiger partial charge < -0.3 is 15.4 Å². The molecule has 1 unspecified atom stereocenters. The topological polar surface area (TPSA) is 98.7 Å². The Morgan fingerprint density at radius 2 is 2.14 bits per heavy atom. The van der Waals surface area contributed by atoms with Crippen LogP contribution in [0, 0.1) is 16.0 Å². The van der Waals surface area contributed by atoms with Gasteiger partial charge in [-0.05, 0) is 24.0 Å². The molecular formula is C14H19N3O4. The van der Waals surface area contributed by atoms with Crippen LogP contribution in [-0.4, -0.2) is 30.5 Å². The molecule has 1 aliphatic heterocycles. The summed E-state index contributed by atoms with van der Waals surface area (Å²) in [6.07, 6.45) is 0.639. The number of anilines is 1. The number of benzene rings is 1. The van der Waals surface area contributed by atoms with Crippen molar-refractivity contribution in [2.24, 2.45) is 11.7 Å². The van der Waals surface area contributed by atoms with E-state index in [4.69, 9.17) is 10.5 Å². The lowest BCUT2D eigenvalue weighted by molar-refractivity contribution is -0.385. The lowest BCUT2D eigenvalue weighted by atomic mass is 10.0. The predicted octanol–water partition coefficient (Wildman–Crippen LogP) is 1.48. The van der Waals surface area contributed by atoms with Crippen LogP contribution in [0.4, 0.5) is 11.4 Å². The Labute approximate surface area is 122 Å². The highest BCUT2D eigenvalue weighted by Gasteiger charge is 2.32. The van der Waals surface area contributed by atoms with Gasteiger partial charge in [-0.1, -0.05) is 13.8 Å². The molecule has 0 aliphatic carbocycles. The number of nitro benzene ring substituents is 1. The van der Waals surface area contributed by atoms with E-state index in [2.05, 4.69) is 0 Å². The number of rotatable bonds is 4. The highest BCUT2D eigenvalue weighted by atomic mass is 16.6. The molecule has 21 heavy (non-hydrogen) atoms. The van der Waals surface area contributed by atoms with Crippen LogP contribution >= 0.6 is 0 Å². The maximum atomic E-state index is 12.4. The molecule has 1 aromatic carbocycles. The number of methoxy groups -OCH3 is 1. The molecule has 1 heterocycles. The van der Waals surface area contributed by atoms with Gasteiger partial charge >= 0.3 is 5.69 Å². The van der Waals surface area contributed by atoms with Crippen molar-refractivity contribution in [1.82, 2.24) is 0 Å². The van der Waals surface area contributed by atoms with Crippen molar-refractivity contribution < 1.29 is 14.5 Å². The van der Waals surface area contributed by atoms with Crippen molar-refractivity contribution >= 4 is 17.3 Å². The maximum Gasteiger partial charge on any atom is 0.313 e. The summed E-state index contributed by atoms with van der Waals surface area (Å²) in [5.74, 6) is 0.0132. The third-order valence-corrected chi connectivity index (χ3v) is 3.74. The number of fused-ring (bicyclic) bond motifs is 1. The molecule has 0 bridgehead atoms. The van der Waals surface area contributed by atoms with Crippen molar-refractivity contribution in [2.45, 2.75) is 26.3 Å². The highest BCUT2D eigenvalue weighted by Crippen LogP contribution is 2.38. The number of carbonyl (C=O) groups is 1. The average Bonchev–Trinajstić information content (AvgIpc) is 2.86. The van der Waals surface area contributed by atoms with Gasteiger partial charge in [-0.15, -0.1) is 0 Å². The van der Waals surface area contributed by atoms with Crippen LogP contribution in [0.1, 0.15) is 19.4 Å². The van der Waals surface area contributed by atoms with Crippen LogP contribution < -0.4 is 15.4 Å². The summed E-state index contributed by atoms with van der Waals surface area (Å²) in [4.78, 5) is 24.5. The van der Waals surface area contributed by atoms with E-state index in [1.807, 2.05) is 13.8 Å². The van der Waals surface area contributed by atoms with Crippen LogP contribution in [0.3, 0.4) is 0 Å². The quantitative estimate of drug-likeness (QED) is 0.669. The number of amides is 1. The summed E-state index contributed by atoms with van der Waals surface area (Å²) in [6, 6.07) is 2.41. The molecule has 0 saturated heterocycles. The molecule has 0 spiro atoms. The van der Waals surface area contributed by atoms with E-state index in [0.717, 1.165) is 5.56 Å². The van der Waals surface area contributed by atoms with Crippen LogP contribution in [-0.2, 0) is 11.2 Å². The lowest BCUT2D eigenvalue weighted by Crippen LogP contribution is -2.46. The molecule has 114 valence electrons. The fraction of sp³-hybridized carbons (Fsp3) is 0.500. The Morgan fingerprint density at radius 3 is 2.67 bits per heavy atom. The van der Waals surface area contributed by atoms with Crippen LogP contribution in [0.15, 0.2) is 12.1 Å². The molecule has 2 N–H and O–H groups in total. The molecular weight excluding hydrogens is 274 g/mol. The van der Waals surface area contributed by atoms with Crippen molar-refractivity contribution in [3.63, 3.8) is 0 Å². The first-order chi connectivity index (χ1) is 9.86. The lowest BCUT2D eigenvalue weighted by Gasteiger charge is -2.23. The van der Waals surface area contributed by atoms with Crippen LogP contribution in [0.2, 0.25) is 0 Å². The minimum Gasteiger partial charge on any atom is -0.490 e. The molecule has 1 amide bonds. The number of nitrogens with two attached hydrogens (primary N) is 1. The number of ether oxygens (including phenoxy) is 1. The zero-order chi connectivity index (χ0) is 15.7. The number of nitrogens with zero attached hydrogens (tertiary/aromatic N) is 2. The Bertz CT molecular complexity index is 586. The number of nitro groups is 1. The summed E-state index contributed by atoms with van der Waals surface area (Å²) in [6.45, 7) is 4.23. The minimum atomic E-state index is -0.614. The second-order valence-corrected chi connectivity index (χ2v) is 5.42. The molecule has 1 aliphatic rings. The molecule has 0 saturated carbocycles. The number of hydrogen-bond acceptors (Lipinski definition) is 5. The molecule has 0 fully saturated rings. The molecule has 0 aromatic heterocycles. The zero-order valence-electron chi connectivity index (χ0n) is 12.3. The van der Waals surface area contributed by atoms with Crippen molar-refractivity contribution in [3.05, 3.63) is 27.8 Å². The summed E-state index contributed by atoms with van der Waals surface area (Å²) in [5, 5.41) is 11.1. The van der Waals surface area contributed by atoms with E-state index >= 15 is 0 Å². The normalized spacial score (nSPS) is 15.0. The highest BCUT2D eigenvalue weighted by molar-refractivity contribution is 5.99. The maximum absolute atomic E-state index is 12.4. The van der Waals surface area contributed by atoms with Crippen molar-refractivity contribution in [1.29, 1.82) is 0 Å². The molecule has 7 nitrogen and oxygen atoms in total. The Balaban J connectivity index is 2.42. The zero-order valence-corrected chi connectivity index (χ0v) is 12.3. The van der Waals surface area contributed by atoms with Crippen LogP contribution in [0.5, 0.6) is 5.75 Å². The predicted molar refractivity (Wildman–Crippen MR) is 78.5 cm³/mol. The average molecular weight is 293 g/mol. The largest absolute Gasteiger partial charge is 0.490 e. The second-order valence-electron chi connectivity index (χ2n) is 5.42. The third kappa shape index (κ3) is 2.69. The Kier molecular flexibility index (Phi) is 4.13. The van der Waals surface area contributed by atoms with Gasteiger partial charge in [-0.2, -0.15) is 0 Å². The van der Waals surface area contributed by atoms with Gasteiger partial charge in [0.05, 0.1) is 23.8 Å². The molecule has 1 atom stereocenters. The summed E-state index contributed by atoms with van der Waals surface area (Å²) in [7, 11) is 1.39. The van der Waals surface area contributed by atoms with Gasteiger partial charge in [0.25, 0.3) is 0 Å². The summed E-state index contributed by atoms with van der Waals surface area (Å²) in [5.41, 5.74) is 7.18. The summed E-state index contributed by atoms with van der Waals surface area (Å²) < 4.78 is 5.04. The van der Waals surface area contributed by atoms with Gasteiger partial charge in [-0.3, -0.25) is 14.9 Å². The minimum absolute atomic E-state index is 0.00906. The van der Waals surface area contributed by atoms with Gasteiger partial charge in [0.15, 0.2) is 5.75 Å². The van der Waals surface area contributed by atoms with E-state index in [1.165, 1.54) is 18.1 Å². The monoisotopic (exact) mass is 293 g/mol. The number of hydrogen-bond donors (Lipinski definition) is 1. The van der Waals surface area contributed by atoms with E-state index in [9.17, 15) is 14.9 Å². The van der Waals surface area contributed by atoms with E-state index in [1.54, 1.807) is 6.07 Å². The molecule has 0 radical (unpaired) electrons. The SMILES string of the molecule is COc1cc2c(cc1[N+](=O)[O-])N(C(=O)C(N)C(C)C)CC2. The van der Waals surface area contributed by atoms with Crippen molar-refractivity contribution in [3.8, 4) is 5.75 Å². The van der Waals surface area contributed by atoms with Gasteiger partial charge in [0, 0.05) is 12.6 Å². The standard InChI is InChI=1S/C14H19N3O4/c1-8(2)13(15)14(18)16-5-4-9-6-12(21-3)11(17(19)20)7-10(9)16/h6-8,13H,4-5,15H2,1-3H3. The Morgan fingerprint density at radius 1 is 1.48 bits per heavy atom. The van der Waals surface area contributed by atoms with Gasteiger partial charge in [-0.25, -0.2) is 0 Å². The first-order valence-electron chi connectivity index (χ1n) is 6.79. The summed E-state index contributed by atoms with van der Waals surface area (Å²) >= 11 is 0.